The molecule has 0 aliphatic carbocycles. The van der Waals surface area contributed by atoms with Crippen LogP contribution in [0.5, 0.6) is 11.5 Å². The van der Waals surface area contributed by atoms with Gasteiger partial charge in [0.15, 0.2) is 11.5 Å². The Labute approximate surface area is 124 Å². The molecule has 0 aromatic heterocycles. The van der Waals surface area contributed by atoms with Gasteiger partial charge in [-0.05, 0) is 24.6 Å². The minimum Gasteiger partial charge on any atom is -0.493 e. The number of rotatable bonds is 7. The van der Waals surface area contributed by atoms with Gasteiger partial charge in [0, 0.05) is 6.54 Å². The topological polar surface area (TPSA) is 64.8 Å². The van der Waals surface area contributed by atoms with E-state index in [-0.39, 0.29) is 12.3 Å². The van der Waals surface area contributed by atoms with E-state index in [2.05, 4.69) is 0 Å². The molecule has 0 aliphatic rings. The van der Waals surface area contributed by atoms with Crippen LogP contribution in [0.25, 0.3) is 0 Å². The second-order valence-electron chi connectivity index (χ2n) is 4.24. The lowest BCUT2D eigenvalue weighted by molar-refractivity contribution is -0.129. The molecule has 5 nitrogen and oxygen atoms in total. The van der Waals surface area contributed by atoms with Gasteiger partial charge in [0.25, 0.3) is 0 Å². The van der Waals surface area contributed by atoms with Gasteiger partial charge in [-0.25, -0.2) is 0 Å². The number of hydrogen-bond acceptors (Lipinski definition) is 4. The zero-order chi connectivity index (χ0) is 15.1. The van der Waals surface area contributed by atoms with Gasteiger partial charge < -0.3 is 20.1 Å². The molecular formula is C14H20N2O3S. The Bertz CT molecular complexity index is 491. The highest BCUT2D eigenvalue weighted by molar-refractivity contribution is 7.80. The fourth-order valence-electron chi connectivity index (χ4n) is 1.84. The zero-order valence-electron chi connectivity index (χ0n) is 12.0. The third-order valence-corrected chi connectivity index (χ3v) is 3.01. The van der Waals surface area contributed by atoms with Crippen LogP contribution in [0.3, 0.4) is 0 Å². The lowest BCUT2D eigenvalue weighted by atomic mass is 10.1. The third kappa shape index (κ3) is 4.38. The minimum atomic E-state index is -0.0208. The van der Waals surface area contributed by atoms with Crippen LogP contribution in [0, 0.1) is 0 Å². The molecule has 0 atom stereocenters. The quantitative estimate of drug-likeness (QED) is 0.770. The summed E-state index contributed by atoms with van der Waals surface area (Å²) < 4.78 is 10.4. The van der Waals surface area contributed by atoms with Crippen LogP contribution in [0.15, 0.2) is 18.2 Å². The molecule has 0 unspecified atom stereocenters. The summed E-state index contributed by atoms with van der Waals surface area (Å²) in [4.78, 5) is 14.1. The fraction of sp³-hybridized carbons (Fsp3) is 0.429. The lowest BCUT2D eigenvalue weighted by Gasteiger charge is -2.20. The highest BCUT2D eigenvalue weighted by atomic mass is 32.1. The third-order valence-electron chi connectivity index (χ3n) is 2.88. The van der Waals surface area contributed by atoms with E-state index in [1.807, 2.05) is 13.0 Å². The molecule has 1 rings (SSSR count). The first-order valence-electron chi connectivity index (χ1n) is 6.28. The van der Waals surface area contributed by atoms with Gasteiger partial charge in [-0.1, -0.05) is 18.3 Å². The number of amides is 1. The van der Waals surface area contributed by atoms with Gasteiger partial charge >= 0.3 is 0 Å². The molecule has 0 heterocycles. The van der Waals surface area contributed by atoms with Crippen LogP contribution in [-0.2, 0) is 11.2 Å². The maximum Gasteiger partial charge on any atom is 0.227 e. The van der Waals surface area contributed by atoms with E-state index in [1.54, 1.807) is 31.3 Å². The molecule has 1 amide bonds. The van der Waals surface area contributed by atoms with E-state index in [0.717, 1.165) is 5.56 Å². The Kier molecular flexibility index (Phi) is 6.24. The summed E-state index contributed by atoms with van der Waals surface area (Å²) in [5.41, 5.74) is 6.34. The van der Waals surface area contributed by atoms with Crippen LogP contribution in [0.2, 0.25) is 0 Å². The highest BCUT2D eigenvalue weighted by Crippen LogP contribution is 2.27. The van der Waals surface area contributed by atoms with E-state index in [0.29, 0.717) is 29.6 Å². The number of benzene rings is 1. The van der Waals surface area contributed by atoms with Crippen LogP contribution < -0.4 is 15.2 Å². The second kappa shape index (κ2) is 7.69. The molecule has 0 saturated heterocycles. The van der Waals surface area contributed by atoms with Crippen molar-refractivity contribution in [2.24, 2.45) is 5.73 Å². The average molecular weight is 296 g/mol. The fourth-order valence-corrected chi connectivity index (χ4v) is 2.00. The summed E-state index contributed by atoms with van der Waals surface area (Å²) in [5, 5.41) is 0. The highest BCUT2D eigenvalue weighted by Gasteiger charge is 2.14. The molecule has 20 heavy (non-hydrogen) atoms. The van der Waals surface area contributed by atoms with Crippen LogP contribution in [-0.4, -0.2) is 43.1 Å². The molecule has 0 bridgehead atoms. The summed E-state index contributed by atoms with van der Waals surface area (Å²) in [6.07, 6.45) is 0.275. The Balaban J connectivity index is 2.81. The van der Waals surface area contributed by atoms with Crippen LogP contribution >= 0.6 is 12.2 Å². The number of carbonyl (C=O) groups excluding carboxylic acids is 1. The SMILES string of the molecule is CCN(CC(N)=S)C(=O)Cc1ccc(OC)c(OC)c1. The standard InChI is InChI=1S/C14H20N2O3S/c1-4-16(9-13(15)20)14(17)8-10-5-6-11(18-2)12(7-10)19-3/h5-7H,4,8-9H2,1-3H3,(H2,15,20). The molecule has 0 aliphatic heterocycles. The molecule has 0 fully saturated rings. The smallest absolute Gasteiger partial charge is 0.227 e. The first kappa shape index (κ1) is 16.2. The number of nitrogens with two attached hydrogens (primary N) is 1. The predicted molar refractivity (Wildman–Crippen MR) is 82.3 cm³/mol. The molecule has 0 saturated carbocycles. The number of ether oxygens (including phenoxy) is 2. The molecule has 1 aromatic rings. The molecule has 6 heteroatoms. The van der Waals surface area contributed by atoms with Gasteiger partial charge in [0.1, 0.15) is 0 Å². The van der Waals surface area contributed by atoms with Crippen molar-refractivity contribution < 1.29 is 14.3 Å². The molecule has 2 N–H and O–H groups in total. The Hall–Kier alpha value is -1.82. The predicted octanol–water partition coefficient (Wildman–Crippen LogP) is 1.38. The molecular weight excluding hydrogens is 276 g/mol. The number of methoxy groups -OCH3 is 2. The van der Waals surface area contributed by atoms with Crippen molar-refractivity contribution in [2.75, 3.05) is 27.3 Å². The zero-order valence-corrected chi connectivity index (χ0v) is 12.8. The van der Waals surface area contributed by atoms with Crippen LogP contribution in [0.4, 0.5) is 0 Å². The lowest BCUT2D eigenvalue weighted by Crippen LogP contribution is -2.38. The van der Waals surface area contributed by atoms with Crippen molar-refractivity contribution in [1.29, 1.82) is 0 Å². The average Bonchev–Trinajstić information content (AvgIpc) is 2.44. The number of likely N-dealkylation sites (N-methyl/N-ethyl adjacent to an activating group) is 1. The molecule has 0 spiro atoms. The summed E-state index contributed by atoms with van der Waals surface area (Å²) >= 11 is 4.84. The van der Waals surface area contributed by atoms with E-state index in [4.69, 9.17) is 27.4 Å². The van der Waals surface area contributed by atoms with Gasteiger partial charge in [-0.3, -0.25) is 4.79 Å². The normalized spacial score (nSPS) is 9.95. The van der Waals surface area contributed by atoms with Crippen molar-refractivity contribution in [3.05, 3.63) is 23.8 Å². The van der Waals surface area contributed by atoms with E-state index in [1.165, 1.54) is 0 Å². The first-order chi connectivity index (χ1) is 9.51. The van der Waals surface area contributed by atoms with E-state index >= 15 is 0 Å². The first-order valence-corrected chi connectivity index (χ1v) is 6.69. The number of carbonyl (C=O) groups is 1. The van der Waals surface area contributed by atoms with Gasteiger partial charge in [0.05, 0.1) is 32.2 Å². The Morgan fingerprint density at radius 2 is 1.95 bits per heavy atom. The number of nitrogens with zero attached hydrogens (tertiary/aromatic N) is 1. The van der Waals surface area contributed by atoms with Crippen molar-refractivity contribution in [3.63, 3.8) is 0 Å². The van der Waals surface area contributed by atoms with Crippen LogP contribution in [0.1, 0.15) is 12.5 Å². The maximum atomic E-state index is 12.2. The second-order valence-corrected chi connectivity index (χ2v) is 4.76. The summed E-state index contributed by atoms with van der Waals surface area (Å²) in [6.45, 7) is 2.77. The molecule has 110 valence electrons. The van der Waals surface area contributed by atoms with Gasteiger partial charge in [-0.15, -0.1) is 0 Å². The van der Waals surface area contributed by atoms with Crippen molar-refractivity contribution in [1.82, 2.24) is 4.90 Å². The molecule has 1 aromatic carbocycles. The van der Waals surface area contributed by atoms with Crippen molar-refractivity contribution in [2.45, 2.75) is 13.3 Å². The number of hydrogen-bond donors (Lipinski definition) is 1. The minimum absolute atomic E-state index is 0.0208. The summed E-state index contributed by atoms with van der Waals surface area (Å²) in [5.74, 6) is 1.22. The van der Waals surface area contributed by atoms with Gasteiger partial charge in [-0.2, -0.15) is 0 Å². The van der Waals surface area contributed by atoms with Crippen molar-refractivity contribution >= 4 is 23.1 Å². The largest absolute Gasteiger partial charge is 0.493 e. The Morgan fingerprint density at radius 1 is 1.30 bits per heavy atom. The van der Waals surface area contributed by atoms with E-state index in [9.17, 15) is 4.79 Å². The maximum absolute atomic E-state index is 12.2. The number of thiocarbonyl (C=S) groups is 1. The van der Waals surface area contributed by atoms with Gasteiger partial charge in [0.2, 0.25) is 5.91 Å². The van der Waals surface area contributed by atoms with E-state index < -0.39 is 0 Å². The summed E-state index contributed by atoms with van der Waals surface area (Å²) in [6, 6.07) is 5.42. The monoisotopic (exact) mass is 296 g/mol. The summed E-state index contributed by atoms with van der Waals surface area (Å²) in [7, 11) is 3.14. The van der Waals surface area contributed by atoms with Crippen molar-refractivity contribution in [3.8, 4) is 11.5 Å². The Morgan fingerprint density at radius 3 is 2.45 bits per heavy atom. The molecule has 0 radical (unpaired) electrons.